The third-order valence-electron chi connectivity index (χ3n) is 4.19. The van der Waals surface area contributed by atoms with Crippen LogP contribution >= 0.6 is 0 Å². The molecule has 3 rings (SSSR count). The Kier molecular flexibility index (Phi) is 4.31. The molecule has 0 radical (unpaired) electrons. The number of carbonyl (C=O) groups is 1. The normalized spacial score (nSPS) is 26.9. The number of aromatic nitrogens is 1. The summed E-state index contributed by atoms with van der Waals surface area (Å²) >= 11 is 0. The van der Waals surface area contributed by atoms with Crippen molar-refractivity contribution < 1.29 is 24.3 Å². The zero-order valence-electron chi connectivity index (χ0n) is 12.5. The monoisotopic (exact) mass is 318 g/mol. The molecule has 0 aliphatic heterocycles. The van der Waals surface area contributed by atoms with Crippen LogP contribution in [0.5, 0.6) is 5.75 Å². The Balaban J connectivity index is 1.81. The topological polar surface area (TPSA) is 105 Å². The molecule has 1 amide bonds. The van der Waals surface area contributed by atoms with E-state index in [4.69, 9.17) is 9.26 Å². The van der Waals surface area contributed by atoms with Gasteiger partial charge in [-0.1, -0.05) is 17.3 Å². The highest BCUT2D eigenvalue weighted by molar-refractivity contribution is 5.91. The Morgan fingerprint density at radius 1 is 1.30 bits per heavy atom. The summed E-state index contributed by atoms with van der Waals surface area (Å²) < 4.78 is 9.94. The fourth-order valence-corrected chi connectivity index (χ4v) is 2.96. The summed E-state index contributed by atoms with van der Waals surface area (Å²) in [6.07, 6.45) is -0.221. The lowest BCUT2D eigenvalue weighted by Crippen LogP contribution is -2.45. The highest BCUT2D eigenvalue weighted by atomic mass is 16.5. The van der Waals surface area contributed by atoms with Gasteiger partial charge in [0.25, 0.3) is 5.91 Å². The lowest BCUT2D eigenvalue weighted by atomic mass is 9.93. The Bertz CT molecular complexity index is 656. The van der Waals surface area contributed by atoms with Crippen LogP contribution in [0.3, 0.4) is 0 Å². The van der Waals surface area contributed by atoms with Gasteiger partial charge in [-0.25, -0.2) is 0 Å². The first-order chi connectivity index (χ1) is 11.1. The minimum atomic E-state index is -1.05. The van der Waals surface area contributed by atoms with Gasteiger partial charge >= 0.3 is 0 Å². The van der Waals surface area contributed by atoms with Gasteiger partial charge in [-0.15, -0.1) is 0 Å². The summed E-state index contributed by atoms with van der Waals surface area (Å²) in [5.41, 5.74) is 0.907. The molecule has 23 heavy (non-hydrogen) atoms. The quantitative estimate of drug-likeness (QED) is 0.766. The Labute approximate surface area is 132 Å². The van der Waals surface area contributed by atoms with Crippen LogP contribution in [0.1, 0.15) is 28.5 Å². The zero-order valence-corrected chi connectivity index (χ0v) is 12.5. The Hall–Kier alpha value is -2.38. The molecule has 4 unspecified atom stereocenters. The SMILES string of the molecule is COc1ccc(C2CC(O)C(O)C2NC(=O)c2ccno2)cc1. The van der Waals surface area contributed by atoms with Crippen LogP contribution in [-0.4, -0.2) is 46.6 Å². The largest absolute Gasteiger partial charge is 0.497 e. The van der Waals surface area contributed by atoms with Gasteiger partial charge in [0.15, 0.2) is 0 Å². The maximum absolute atomic E-state index is 12.1. The molecular weight excluding hydrogens is 300 g/mol. The van der Waals surface area contributed by atoms with E-state index < -0.39 is 24.2 Å². The number of hydrogen-bond acceptors (Lipinski definition) is 6. The number of benzene rings is 1. The van der Waals surface area contributed by atoms with Crippen LogP contribution in [0.25, 0.3) is 0 Å². The first-order valence-corrected chi connectivity index (χ1v) is 7.32. The minimum Gasteiger partial charge on any atom is -0.497 e. The maximum atomic E-state index is 12.1. The molecule has 1 aliphatic carbocycles. The number of rotatable bonds is 4. The van der Waals surface area contributed by atoms with E-state index in [-0.39, 0.29) is 11.7 Å². The van der Waals surface area contributed by atoms with Crippen molar-refractivity contribution in [2.75, 3.05) is 7.11 Å². The molecule has 0 spiro atoms. The number of nitrogens with zero attached hydrogens (tertiary/aromatic N) is 1. The Morgan fingerprint density at radius 2 is 2.04 bits per heavy atom. The average molecular weight is 318 g/mol. The smallest absolute Gasteiger partial charge is 0.290 e. The van der Waals surface area contributed by atoms with Crippen molar-refractivity contribution in [1.82, 2.24) is 10.5 Å². The summed E-state index contributed by atoms with van der Waals surface area (Å²) in [5, 5.41) is 26.4. The molecule has 1 fully saturated rings. The van der Waals surface area contributed by atoms with Gasteiger partial charge in [0.05, 0.1) is 25.5 Å². The molecule has 7 nitrogen and oxygen atoms in total. The van der Waals surface area contributed by atoms with Crippen molar-refractivity contribution in [1.29, 1.82) is 0 Å². The van der Waals surface area contributed by atoms with Crippen molar-refractivity contribution >= 4 is 5.91 Å². The highest BCUT2D eigenvalue weighted by Crippen LogP contribution is 2.36. The molecule has 0 saturated heterocycles. The van der Waals surface area contributed by atoms with Gasteiger partial charge in [0, 0.05) is 12.0 Å². The van der Waals surface area contributed by atoms with E-state index in [1.165, 1.54) is 12.3 Å². The van der Waals surface area contributed by atoms with Crippen molar-refractivity contribution in [2.45, 2.75) is 30.6 Å². The number of carbonyl (C=O) groups excluding carboxylic acids is 1. The molecular formula is C16H18N2O5. The van der Waals surface area contributed by atoms with E-state index in [0.717, 1.165) is 11.3 Å². The zero-order chi connectivity index (χ0) is 16.4. The average Bonchev–Trinajstić information content (AvgIpc) is 3.19. The summed E-state index contributed by atoms with van der Waals surface area (Å²) in [5.74, 6) is 0.0964. The van der Waals surface area contributed by atoms with Crippen LogP contribution in [0.15, 0.2) is 41.1 Å². The van der Waals surface area contributed by atoms with Crippen molar-refractivity contribution in [2.24, 2.45) is 0 Å². The summed E-state index contributed by atoms with van der Waals surface area (Å²) in [6, 6.07) is 8.17. The van der Waals surface area contributed by atoms with Crippen LogP contribution in [0.2, 0.25) is 0 Å². The summed E-state index contributed by atoms with van der Waals surface area (Å²) in [4.78, 5) is 12.1. The number of methoxy groups -OCH3 is 1. The first kappa shape index (κ1) is 15.5. The number of hydrogen-bond donors (Lipinski definition) is 3. The van der Waals surface area contributed by atoms with Crippen LogP contribution in [0, 0.1) is 0 Å². The van der Waals surface area contributed by atoms with Gasteiger partial charge in [0.1, 0.15) is 11.9 Å². The number of aliphatic hydroxyl groups excluding tert-OH is 2. The predicted molar refractivity (Wildman–Crippen MR) is 80.1 cm³/mol. The summed E-state index contributed by atoms with van der Waals surface area (Å²) in [7, 11) is 1.58. The van der Waals surface area contributed by atoms with E-state index in [2.05, 4.69) is 10.5 Å². The highest BCUT2D eigenvalue weighted by Gasteiger charge is 2.43. The van der Waals surface area contributed by atoms with Crippen molar-refractivity contribution in [3.8, 4) is 5.75 Å². The Morgan fingerprint density at radius 3 is 2.65 bits per heavy atom. The molecule has 1 heterocycles. The van der Waals surface area contributed by atoms with E-state index in [1.807, 2.05) is 24.3 Å². The predicted octanol–water partition coefficient (Wildman–Crippen LogP) is 0.691. The molecule has 1 aromatic carbocycles. The third-order valence-corrected chi connectivity index (χ3v) is 4.19. The standard InChI is InChI=1S/C16H18N2O5/c1-22-10-4-2-9(3-5-10)11-8-12(19)15(20)14(11)18-16(21)13-6-7-17-23-13/h2-7,11-12,14-15,19-20H,8H2,1H3,(H,18,21). The number of nitrogens with one attached hydrogen (secondary N) is 1. The molecule has 3 N–H and O–H groups in total. The molecule has 7 heteroatoms. The second-order valence-electron chi connectivity index (χ2n) is 5.55. The molecule has 1 aliphatic rings. The molecule has 1 aromatic heterocycles. The van der Waals surface area contributed by atoms with Crippen LogP contribution in [-0.2, 0) is 0 Å². The fraction of sp³-hybridized carbons (Fsp3) is 0.375. The van der Waals surface area contributed by atoms with E-state index in [1.54, 1.807) is 7.11 Å². The van der Waals surface area contributed by atoms with Gasteiger partial charge in [-0.05, 0) is 24.1 Å². The number of amides is 1. The lowest BCUT2D eigenvalue weighted by Gasteiger charge is -2.23. The first-order valence-electron chi connectivity index (χ1n) is 7.32. The van der Waals surface area contributed by atoms with Gasteiger partial charge < -0.3 is 24.8 Å². The minimum absolute atomic E-state index is 0.0621. The number of aliphatic hydroxyl groups is 2. The number of ether oxygens (including phenoxy) is 1. The van der Waals surface area contributed by atoms with E-state index >= 15 is 0 Å². The molecule has 2 aromatic rings. The molecule has 0 bridgehead atoms. The fourth-order valence-electron chi connectivity index (χ4n) is 2.96. The van der Waals surface area contributed by atoms with E-state index in [0.29, 0.717) is 6.42 Å². The molecule has 1 saturated carbocycles. The summed E-state index contributed by atoms with van der Waals surface area (Å²) in [6.45, 7) is 0. The second kappa shape index (κ2) is 6.39. The van der Waals surface area contributed by atoms with Gasteiger partial charge in [-0.3, -0.25) is 4.79 Å². The maximum Gasteiger partial charge on any atom is 0.290 e. The van der Waals surface area contributed by atoms with Gasteiger partial charge in [-0.2, -0.15) is 0 Å². The molecule has 4 atom stereocenters. The molecule has 122 valence electrons. The van der Waals surface area contributed by atoms with Crippen LogP contribution < -0.4 is 10.1 Å². The van der Waals surface area contributed by atoms with Crippen molar-refractivity contribution in [3.05, 3.63) is 47.9 Å². The van der Waals surface area contributed by atoms with Gasteiger partial charge in [0.2, 0.25) is 5.76 Å². The lowest BCUT2D eigenvalue weighted by molar-refractivity contribution is 0.0290. The van der Waals surface area contributed by atoms with E-state index in [9.17, 15) is 15.0 Å². The third kappa shape index (κ3) is 3.06. The second-order valence-corrected chi connectivity index (χ2v) is 5.55. The van der Waals surface area contributed by atoms with Crippen molar-refractivity contribution in [3.63, 3.8) is 0 Å². The van der Waals surface area contributed by atoms with Crippen LogP contribution in [0.4, 0.5) is 0 Å².